The van der Waals surface area contributed by atoms with Gasteiger partial charge in [0.15, 0.2) is 11.5 Å². The number of hydrogen-bond acceptors (Lipinski definition) is 5. The van der Waals surface area contributed by atoms with E-state index in [1.54, 1.807) is 16.6 Å². The molecule has 7 nitrogen and oxygen atoms in total. The van der Waals surface area contributed by atoms with Crippen molar-refractivity contribution in [1.29, 1.82) is 0 Å². The van der Waals surface area contributed by atoms with Crippen molar-refractivity contribution in [3.63, 3.8) is 0 Å². The highest BCUT2D eigenvalue weighted by molar-refractivity contribution is 5.90. The van der Waals surface area contributed by atoms with Crippen molar-refractivity contribution in [3.05, 3.63) is 48.0 Å². The summed E-state index contributed by atoms with van der Waals surface area (Å²) in [6.07, 6.45) is 4.23. The Morgan fingerprint density at radius 2 is 1.96 bits per heavy atom. The Morgan fingerprint density at radius 1 is 1.11 bits per heavy atom. The van der Waals surface area contributed by atoms with Crippen LogP contribution in [0, 0.1) is 5.82 Å². The fourth-order valence-electron chi connectivity index (χ4n) is 3.29. The van der Waals surface area contributed by atoms with E-state index in [0.717, 1.165) is 18.9 Å². The minimum absolute atomic E-state index is 0.204. The second-order valence-electron chi connectivity index (χ2n) is 6.68. The number of piperidine rings is 1. The van der Waals surface area contributed by atoms with Gasteiger partial charge in [0.1, 0.15) is 11.6 Å². The first kappa shape index (κ1) is 17.4. The van der Waals surface area contributed by atoms with Crippen molar-refractivity contribution in [2.75, 3.05) is 23.3 Å². The number of carbonyl (C=O) groups excluding carboxylic acids is 1. The molecular formula is C19H21FN6O. The maximum atomic E-state index is 13.2. The number of aryl methyl sites for hydroxylation is 1. The summed E-state index contributed by atoms with van der Waals surface area (Å²) >= 11 is 0. The first-order chi connectivity index (χ1) is 13.2. The average molecular weight is 368 g/mol. The third kappa shape index (κ3) is 4.05. The van der Waals surface area contributed by atoms with E-state index in [1.165, 1.54) is 31.4 Å². The van der Waals surface area contributed by atoms with Gasteiger partial charge in [0.25, 0.3) is 0 Å². The van der Waals surface area contributed by atoms with Crippen LogP contribution in [0.1, 0.15) is 31.5 Å². The van der Waals surface area contributed by atoms with Crippen LogP contribution in [0.3, 0.4) is 0 Å². The van der Waals surface area contributed by atoms with Gasteiger partial charge in [-0.2, -0.15) is 4.52 Å². The molecule has 1 aliphatic rings. The summed E-state index contributed by atoms with van der Waals surface area (Å²) in [6, 6.07) is 9.71. The van der Waals surface area contributed by atoms with Gasteiger partial charge in [0.2, 0.25) is 5.91 Å². The number of nitrogens with one attached hydrogen (secondary N) is 1. The monoisotopic (exact) mass is 368 g/mol. The number of halogens is 1. The van der Waals surface area contributed by atoms with E-state index in [0.29, 0.717) is 23.6 Å². The molecule has 1 aromatic carbocycles. The van der Waals surface area contributed by atoms with E-state index >= 15 is 0 Å². The van der Waals surface area contributed by atoms with Crippen LogP contribution in [0.15, 0.2) is 36.4 Å². The molecule has 8 heteroatoms. The molecule has 3 heterocycles. The van der Waals surface area contributed by atoms with Crippen LogP contribution in [-0.2, 0) is 11.2 Å². The van der Waals surface area contributed by atoms with Gasteiger partial charge in [-0.1, -0.05) is 6.07 Å². The summed E-state index contributed by atoms with van der Waals surface area (Å²) in [6.45, 7) is 2.01. The van der Waals surface area contributed by atoms with Crippen LogP contribution >= 0.6 is 0 Å². The van der Waals surface area contributed by atoms with E-state index in [1.807, 2.05) is 12.1 Å². The highest BCUT2D eigenvalue weighted by atomic mass is 19.1. The zero-order valence-electron chi connectivity index (χ0n) is 14.9. The third-order valence-corrected chi connectivity index (χ3v) is 4.68. The van der Waals surface area contributed by atoms with Crippen LogP contribution in [-0.4, -0.2) is 38.8 Å². The van der Waals surface area contributed by atoms with Crippen LogP contribution < -0.4 is 10.2 Å². The Labute approximate surface area is 156 Å². The number of fused-ring (bicyclic) bond motifs is 1. The SMILES string of the molecule is O=C(CCc1nnc2ccc(N3CCCCC3)nn12)Nc1cccc(F)c1. The number of carbonyl (C=O) groups is 1. The van der Waals surface area contributed by atoms with Crippen molar-refractivity contribution >= 4 is 23.1 Å². The van der Waals surface area contributed by atoms with E-state index in [2.05, 4.69) is 25.5 Å². The number of nitrogens with zero attached hydrogens (tertiary/aromatic N) is 5. The highest BCUT2D eigenvalue weighted by Crippen LogP contribution is 2.18. The summed E-state index contributed by atoms with van der Waals surface area (Å²) in [4.78, 5) is 14.4. The van der Waals surface area contributed by atoms with Gasteiger partial charge in [-0.05, 0) is 49.6 Å². The minimum atomic E-state index is -0.384. The normalized spacial score (nSPS) is 14.5. The van der Waals surface area contributed by atoms with Crippen LogP contribution in [0.5, 0.6) is 0 Å². The first-order valence-electron chi connectivity index (χ1n) is 9.21. The maximum Gasteiger partial charge on any atom is 0.224 e. The Balaban J connectivity index is 1.44. The predicted molar refractivity (Wildman–Crippen MR) is 100 cm³/mol. The van der Waals surface area contributed by atoms with Crippen molar-refractivity contribution in [1.82, 2.24) is 19.8 Å². The number of anilines is 2. The fourth-order valence-corrected chi connectivity index (χ4v) is 3.29. The number of aromatic nitrogens is 4. The Morgan fingerprint density at radius 3 is 2.78 bits per heavy atom. The van der Waals surface area contributed by atoms with Gasteiger partial charge in [0, 0.05) is 31.6 Å². The molecule has 4 rings (SSSR count). The third-order valence-electron chi connectivity index (χ3n) is 4.68. The molecule has 3 aromatic rings. The molecule has 0 saturated carbocycles. The van der Waals surface area contributed by atoms with Gasteiger partial charge in [-0.15, -0.1) is 15.3 Å². The lowest BCUT2D eigenvalue weighted by molar-refractivity contribution is -0.116. The summed E-state index contributed by atoms with van der Waals surface area (Å²) in [5, 5.41) is 15.7. The van der Waals surface area contributed by atoms with Crippen LogP contribution in [0.2, 0.25) is 0 Å². The second kappa shape index (κ2) is 7.69. The van der Waals surface area contributed by atoms with E-state index < -0.39 is 0 Å². The van der Waals surface area contributed by atoms with Gasteiger partial charge in [-0.25, -0.2) is 4.39 Å². The maximum absolute atomic E-state index is 13.2. The lowest BCUT2D eigenvalue weighted by Gasteiger charge is -2.27. The molecule has 1 saturated heterocycles. The van der Waals surface area contributed by atoms with Gasteiger partial charge in [0.05, 0.1) is 0 Å². The molecule has 0 aliphatic carbocycles. The summed E-state index contributed by atoms with van der Waals surface area (Å²) in [5.74, 6) is 0.959. The van der Waals surface area contributed by atoms with Crippen molar-refractivity contribution in [2.24, 2.45) is 0 Å². The standard InChI is InChI=1S/C19H21FN6O/c20-14-5-4-6-15(13-14)21-19(27)10-9-17-23-22-16-7-8-18(24-26(16)17)25-11-2-1-3-12-25/h4-8,13H,1-3,9-12H2,(H,21,27). The minimum Gasteiger partial charge on any atom is -0.355 e. The number of rotatable bonds is 5. The molecule has 1 aliphatic heterocycles. The molecule has 1 N–H and O–H groups in total. The quantitative estimate of drug-likeness (QED) is 0.749. The van der Waals surface area contributed by atoms with Crippen molar-refractivity contribution in [3.8, 4) is 0 Å². The van der Waals surface area contributed by atoms with Crippen LogP contribution in [0.25, 0.3) is 5.65 Å². The fraction of sp³-hybridized carbons (Fsp3) is 0.368. The molecule has 0 spiro atoms. The molecule has 2 aromatic heterocycles. The topological polar surface area (TPSA) is 75.4 Å². The van der Waals surface area contributed by atoms with Gasteiger partial charge >= 0.3 is 0 Å². The lowest BCUT2D eigenvalue weighted by atomic mass is 10.1. The Hall–Kier alpha value is -3.03. The van der Waals surface area contributed by atoms with Gasteiger partial charge in [-0.3, -0.25) is 4.79 Å². The summed E-state index contributed by atoms with van der Waals surface area (Å²) in [5.41, 5.74) is 1.10. The number of benzene rings is 1. The van der Waals surface area contributed by atoms with Crippen molar-refractivity contribution < 1.29 is 9.18 Å². The lowest BCUT2D eigenvalue weighted by Crippen LogP contribution is -2.30. The molecule has 0 radical (unpaired) electrons. The molecule has 0 atom stereocenters. The van der Waals surface area contributed by atoms with Crippen LogP contribution in [0.4, 0.5) is 15.9 Å². The molecule has 140 valence electrons. The summed E-state index contributed by atoms with van der Waals surface area (Å²) in [7, 11) is 0. The number of amides is 1. The second-order valence-corrected chi connectivity index (χ2v) is 6.68. The Kier molecular flexibility index (Phi) is 4.95. The smallest absolute Gasteiger partial charge is 0.224 e. The number of hydrogen-bond donors (Lipinski definition) is 1. The molecule has 1 amide bonds. The predicted octanol–water partition coefficient (Wildman–Crippen LogP) is 2.83. The average Bonchev–Trinajstić information content (AvgIpc) is 3.09. The zero-order chi connectivity index (χ0) is 18.6. The largest absolute Gasteiger partial charge is 0.355 e. The summed E-state index contributed by atoms with van der Waals surface area (Å²) < 4.78 is 14.9. The molecule has 27 heavy (non-hydrogen) atoms. The zero-order valence-corrected chi connectivity index (χ0v) is 14.9. The van der Waals surface area contributed by atoms with E-state index in [4.69, 9.17) is 0 Å². The molecule has 0 unspecified atom stereocenters. The van der Waals surface area contributed by atoms with E-state index in [9.17, 15) is 9.18 Å². The first-order valence-corrected chi connectivity index (χ1v) is 9.21. The van der Waals surface area contributed by atoms with Gasteiger partial charge < -0.3 is 10.2 Å². The van der Waals surface area contributed by atoms with E-state index in [-0.39, 0.29) is 18.1 Å². The highest BCUT2D eigenvalue weighted by Gasteiger charge is 2.15. The van der Waals surface area contributed by atoms with Crippen molar-refractivity contribution in [2.45, 2.75) is 32.1 Å². The molecular weight excluding hydrogens is 347 g/mol. The molecule has 1 fully saturated rings. The Bertz CT molecular complexity index is 950. The molecule has 0 bridgehead atoms.